The molecule has 2 aromatic heterocycles. The first-order valence-corrected chi connectivity index (χ1v) is 13.2. The second kappa shape index (κ2) is 10.7. The number of nitrogens with zero attached hydrogens (tertiary/aromatic N) is 2. The molecule has 8 heteroatoms. The Bertz CT molecular complexity index is 968. The summed E-state index contributed by atoms with van der Waals surface area (Å²) in [5, 5.41) is 18.9. The number of fused-ring (bicyclic) bond motifs is 2. The van der Waals surface area contributed by atoms with Crippen molar-refractivity contribution in [1.29, 1.82) is 0 Å². The van der Waals surface area contributed by atoms with Crippen molar-refractivity contribution in [1.82, 2.24) is 15.3 Å². The van der Waals surface area contributed by atoms with Crippen molar-refractivity contribution < 1.29 is 14.6 Å². The normalized spacial score (nSPS) is 29.1. The van der Waals surface area contributed by atoms with E-state index in [2.05, 4.69) is 29.5 Å². The maximum absolute atomic E-state index is 12.7. The maximum Gasteiger partial charge on any atom is 0.223 e. The molecule has 0 bridgehead atoms. The van der Waals surface area contributed by atoms with Gasteiger partial charge in [-0.25, -0.2) is 4.98 Å². The fourth-order valence-electron chi connectivity index (χ4n) is 6.10. The predicted molar refractivity (Wildman–Crippen MR) is 135 cm³/mol. The summed E-state index contributed by atoms with van der Waals surface area (Å²) in [6.07, 6.45) is 4.97. The van der Waals surface area contributed by atoms with Crippen LogP contribution < -0.4 is 10.6 Å². The molecule has 6 atom stereocenters. The van der Waals surface area contributed by atoms with Crippen molar-refractivity contribution in [3.05, 3.63) is 40.7 Å². The van der Waals surface area contributed by atoms with Crippen LogP contribution in [0.25, 0.3) is 0 Å². The standard InChI is InChI=1S/C26H38N4O3S/c1-16(24(32)28-13-14-33-4)19-8-10-26(3)15-20-22(17(2)21(26)23(19)31)30-25(34-20)29-12-9-18-7-5-6-11-27-18/h5-7,11,16-17,19,21,23,31H,8-10,12-15H2,1-4H3,(H,28,32)(H,29,30)/t16-,17-,19?,21+,23-,26-/m0/s1. The fourth-order valence-corrected chi connectivity index (χ4v) is 7.39. The zero-order valence-corrected chi connectivity index (χ0v) is 21.5. The number of hydrogen-bond acceptors (Lipinski definition) is 7. The van der Waals surface area contributed by atoms with Gasteiger partial charge in [0.1, 0.15) is 0 Å². The van der Waals surface area contributed by atoms with Crippen LogP contribution in [0.2, 0.25) is 0 Å². The fraction of sp³-hybridized carbons (Fsp3) is 0.654. The van der Waals surface area contributed by atoms with Gasteiger partial charge in [0.05, 0.1) is 18.4 Å². The molecular weight excluding hydrogens is 448 g/mol. The van der Waals surface area contributed by atoms with Crippen LogP contribution in [0.5, 0.6) is 0 Å². The number of aromatic nitrogens is 2. The molecule has 4 rings (SSSR count). The van der Waals surface area contributed by atoms with E-state index in [4.69, 9.17) is 9.72 Å². The Morgan fingerprint density at radius 1 is 1.38 bits per heavy atom. The molecule has 0 aromatic carbocycles. The number of carbonyl (C=O) groups excluding carboxylic acids is 1. The summed E-state index contributed by atoms with van der Waals surface area (Å²) >= 11 is 1.75. The number of carbonyl (C=O) groups is 1. The SMILES string of the molecule is COCCNC(=O)[C@@H](C)C1CC[C@@]2(C)Cc3sc(NCCc4ccccn4)nc3[C@@H](C)[C@@H]2[C@H]1O. The quantitative estimate of drug-likeness (QED) is 0.468. The van der Waals surface area contributed by atoms with Gasteiger partial charge < -0.3 is 20.5 Å². The van der Waals surface area contributed by atoms with E-state index in [9.17, 15) is 9.90 Å². The lowest BCUT2D eigenvalue weighted by molar-refractivity contribution is -0.135. The molecule has 3 N–H and O–H groups in total. The number of amides is 1. The number of ether oxygens (including phenoxy) is 1. The summed E-state index contributed by atoms with van der Waals surface area (Å²) in [5.74, 6) is -0.0280. The van der Waals surface area contributed by atoms with Gasteiger partial charge in [0.2, 0.25) is 5.91 Å². The first-order valence-electron chi connectivity index (χ1n) is 12.4. The Balaban J connectivity index is 1.44. The van der Waals surface area contributed by atoms with Crippen LogP contribution in [-0.2, 0) is 22.4 Å². The smallest absolute Gasteiger partial charge is 0.223 e. The van der Waals surface area contributed by atoms with Crippen molar-refractivity contribution in [2.24, 2.45) is 23.2 Å². The topological polar surface area (TPSA) is 96.4 Å². The first kappa shape index (κ1) is 25.1. The lowest BCUT2D eigenvalue weighted by Gasteiger charge is -2.53. The van der Waals surface area contributed by atoms with Gasteiger partial charge in [-0.2, -0.15) is 0 Å². The van der Waals surface area contributed by atoms with E-state index < -0.39 is 6.10 Å². The molecular formula is C26H38N4O3S. The predicted octanol–water partition coefficient (Wildman–Crippen LogP) is 3.64. The van der Waals surface area contributed by atoms with Gasteiger partial charge in [-0.3, -0.25) is 9.78 Å². The van der Waals surface area contributed by atoms with Gasteiger partial charge in [-0.05, 0) is 48.6 Å². The number of aliphatic hydroxyl groups excluding tert-OH is 1. The number of pyridine rings is 1. The zero-order valence-electron chi connectivity index (χ0n) is 20.7. The molecule has 0 aliphatic heterocycles. The van der Waals surface area contributed by atoms with E-state index in [1.165, 1.54) is 4.88 Å². The number of rotatable bonds is 9. The minimum Gasteiger partial charge on any atom is -0.392 e. The van der Waals surface area contributed by atoms with Crippen LogP contribution in [0.15, 0.2) is 24.4 Å². The van der Waals surface area contributed by atoms with Gasteiger partial charge >= 0.3 is 0 Å². The van der Waals surface area contributed by atoms with Gasteiger partial charge in [-0.1, -0.05) is 26.8 Å². The molecule has 2 aliphatic rings. The van der Waals surface area contributed by atoms with E-state index in [-0.39, 0.29) is 35.0 Å². The first-order chi connectivity index (χ1) is 16.3. The number of anilines is 1. The third-order valence-electron chi connectivity index (χ3n) is 7.97. The van der Waals surface area contributed by atoms with E-state index in [1.807, 2.05) is 31.3 Å². The number of aliphatic hydroxyl groups is 1. The van der Waals surface area contributed by atoms with Crippen LogP contribution in [0, 0.1) is 23.2 Å². The summed E-state index contributed by atoms with van der Waals surface area (Å²) in [6.45, 7) is 8.25. The molecule has 2 aromatic rings. The number of nitrogens with one attached hydrogen (secondary N) is 2. The maximum atomic E-state index is 12.7. The molecule has 7 nitrogen and oxygen atoms in total. The Labute approximate surface area is 206 Å². The highest BCUT2D eigenvalue weighted by atomic mass is 32.1. The molecule has 2 aliphatic carbocycles. The van der Waals surface area contributed by atoms with Crippen LogP contribution in [0.1, 0.15) is 55.8 Å². The van der Waals surface area contributed by atoms with Crippen LogP contribution in [-0.4, -0.2) is 53.9 Å². The van der Waals surface area contributed by atoms with E-state index in [1.54, 1.807) is 18.4 Å². The number of thiazole rings is 1. The Hall–Kier alpha value is -2.03. The summed E-state index contributed by atoms with van der Waals surface area (Å²) < 4.78 is 5.04. The lowest BCUT2D eigenvalue weighted by Crippen LogP contribution is -2.53. The van der Waals surface area contributed by atoms with Gasteiger partial charge in [-0.15, -0.1) is 11.3 Å². The molecule has 1 unspecified atom stereocenters. The van der Waals surface area contributed by atoms with Gasteiger partial charge in [0.25, 0.3) is 0 Å². The van der Waals surface area contributed by atoms with Crippen molar-refractivity contribution in [2.75, 3.05) is 32.1 Å². The third kappa shape index (κ3) is 5.14. The summed E-state index contributed by atoms with van der Waals surface area (Å²) in [6, 6.07) is 5.98. The minimum atomic E-state index is -0.521. The van der Waals surface area contributed by atoms with Crippen LogP contribution in [0.3, 0.4) is 0 Å². The average molecular weight is 487 g/mol. The molecule has 1 amide bonds. The van der Waals surface area contributed by atoms with Crippen LogP contribution in [0.4, 0.5) is 5.13 Å². The summed E-state index contributed by atoms with van der Waals surface area (Å²) in [4.78, 5) is 23.4. The van der Waals surface area contributed by atoms with Crippen molar-refractivity contribution >= 4 is 22.4 Å². The molecule has 0 radical (unpaired) electrons. The van der Waals surface area contributed by atoms with E-state index >= 15 is 0 Å². The number of methoxy groups -OCH3 is 1. The largest absolute Gasteiger partial charge is 0.392 e. The second-order valence-electron chi connectivity index (χ2n) is 10.2. The number of hydrogen-bond donors (Lipinski definition) is 3. The third-order valence-corrected chi connectivity index (χ3v) is 9.00. The van der Waals surface area contributed by atoms with E-state index in [0.29, 0.717) is 13.2 Å². The van der Waals surface area contributed by atoms with Gasteiger partial charge in [0.15, 0.2) is 5.13 Å². The molecule has 186 valence electrons. The molecule has 2 heterocycles. The van der Waals surface area contributed by atoms with Crippen molar-refractivity contribution in [3.8, 4) is 0 Å². The summed E-state index contributed by atoms with van der Waals surface area (Å²) in [5.41, 5.74) is 2.20. The van der Waals surface area contributed by atoms with Crippen molar-refractivity contribution in [3.63, 3.8) is 0 Å². The van der Waals surface area contributed by atoms with Crippen LogP contribution >= 0.6 is 11.3 Å². The van der Waals surface area contributed by atoms with E-state index in [0.717, 1.165) is 48.7 Å². The Morgan fingerprint density at radius 2 is 2.21 bits per heavy atom. The van der Waals surface area contributed by atoms with Crippen molar-refractivity contribution in [2.45, 2.75) is 58.5 Å². The molecule has 1 saturated carbocycles. The minimum absolute atomic E-state index is 0.00176. The highest BCUT2D eigenvalue weighted by Gasteiger charge is 2.53. The molecule has 0 spiro atoms. The highest BCUT2D eigenvalue weighted by molar-refractivity contribution is 7.15. The Morgan fingerprint density at radius 3 is 2.94 bits per heavy atom. The molecule has 0 saturated heterocycles. The highest BCUT2D eigenvalue weighted by Crippen LogP contribution is 2.57. The molecule has 34 heavy (non-hydrogen) atoms. The zero-order chi connectivity index (χ0) is 24.3. The molecule has 1 fully saturated rings. The lowest BCUT2D eigenvalue weighted by atomic mass is 9.53. The average Bonchev–Trinajstić information content (AvgIpc) is 3.22. The monoisotopic (exact) mass is 486 g/mol. The Kier molecular flexibility index (Phi) is 7.90. The second-order valence-corrected chi connectivity index (χ2v) is 11.3. The van der Waals surface area contributed by atoms with Gasteiger partial charge in [0, 0.05) is 55.2 Å². The summed E-state index contributed by atoms with van der Waals surface area (Å²) in [7, 11) is 1.62.